The van der Waals surface area contributed by atoms with Crippen molar-refractivity contribution in [2.45, 2.75) is 46.0 Å². The lowest BCUT2D eigenvalue weighted by atomic mass is 9.89. The molecule has 1 heterocycles. The molecule has 0 spiro atoms. The van der Waals surface area contributed by atoms with Crippen molar-refractivity contribution in [3.63, 3.8) is 0 Å². The minimum absolute atomic E-state index is 0.0119. The number of carbonyl (C=O) groups is 2. The number of Topliss-reactive ketones (excluding diaryl/α,β-unsaturated/α-hetero) is 1. The monoisotopic (exact) mass is 266 g/mol. The Balaban J connectivity index is 2.10. The van der Waals surface area contributed by atoms with Gasteiger partial charge in [-0.3, -0.25) is 9.59 Å². The van der Waals surface area contributed by atoms with Gasteiger partial charge in [0.05, 0.1) is 5.92 Å². The first-order valence-corrected chi connectivity index (χ1v) is 7.28. The number of hydrogen-bond donors (Lipinski definition) is 0. The molecule has 2 rings (SSSR count). The third-order valence-corrected chi connectivity index (χ3v) is 4.56. The summed E-state index contributed by atoms with van der Waals surface area (Å²) in [5, 5.41) is 1.86. The second kappa shape index (κ2) is 5.65. The maximum atomic E-state index is 12.1. The lowest BCUT2D eigenvalue weighted by Gasteiger charge is -2.20. The van der Waals surface area contributed by atoms with E-state index in [1.54, 1.807) is 0 Å². The molecule has 0 aliphatic heterocycles. The molecule has 4 heteroatoms. The molecule has 0 amide bonds. The number of carbonyl (C=O) groups excluding carboxylic acids is 2. The summed E-state index contributed by atoms with van der Waals surface area (Å²) in [4.78, 5) is 24.1. The van der Waals surface area contributed by atoms with Crippen LogP contribution in [0.15, 0.2) is 5.38 Å². The van der Waals surface area contributed by atoms with Crippen molar-refractivity contribution in [3.05, 3.63) is 15.8 Å². The van der Waals surface area contributed by atoms with E-state index in [0.717, 1.165) is 31.2 Å². The molecular weight excluding hydrogens is 248 g/mol. The van der Waals surface area contributed by atoms with Crippen LogP contribution in [-0.2, 0) is 4.79 Å². The fraction of sp³-hybridized carbons (Fsp3) is 0.571. The van der Waals surface area contributed by atoms with E-state index in [9.17, 15) is 9.59 Å². The normalized spacial score (nSPS) is 16.6. The zero-order chi connectivity index (χ0) is 13.1. The van der Waals surface area contributed by atoms with Gasteiger partial charge in [0.1, 0.15) is 4.88 Å². The number of ketones is 1. The fourth-order valence-electron chi connectivity index (χ4n) is 2.33. The van der Waals surface area contributed by atoms with E-state index >= 15 is 0 Å². The fourth-order valence-corrected chi connectivity index (χ4v) is 3.20. The smallest absolute Gasteiger partial charge is 0.314 e. The van der Waals surface area contributed by atoms with Crippen molar-refractivity contribution < 1.29 is 14.3 Å². The Hall–Kier alpha value is -1.16. The van der Waals surface area contributed by atoms with Crippen molar-refractivity contribution in [2.24, 2.45) is 5.92 Å². The zero-order valence-corrected chi connectivity index (χ0v) is 11.6. The van der Waals surface area contributed by atoms with Gasteiger partial charge in [-0.2, -0.15) is 0 Å². The van der Waals surface area contributed by atoms with Crippen LogP contribution in [0.4, 0.5) is 0 Å². The highest BCUT2D eigenvalue weighted by Crippen LogP contribution is 2.32. The molecule has 0 saturated heterocycles. The van der Waals surface area contributed by atoms with E-state index in [2.05, 4.69) is 0 Å². The number of esters is 1. The number of hydrogen-bond acceptors (Lipinski definition) is 4. The van der Waals surface area contributed by atoms with Crippen LogP contribution in [0.5, 0.6) is 5.75 Å². The quantitative estimate of drug-likeness (QED) is 0.618. The lowest BCUT2D eigenvalue weighted by Crippen LogP contribution is -2.23. The summed E-state index contributed by atoms with van der Waals surface area (Å²) in [6.07, 6.45) is 5.23. The molecular formula is C14H18O3S. The molecule has 0 unspecified atom stereocenters. The van der Waals surface area contributed by atoms with Crippen molar-refractivity contribution in [2.75, 3.05) is 0 Å². The van der Waals surface area contributed by atoms with Gasteiger partial charge in [-0.05, 0) is 25.1 Å². The number of ether oxygens (including phenoxy) is 1. The van der Waals surface area contributed by atoms with E-state index in [1.165, 1.54) is 24.7 Å². The standard InChI is InChI=1S/C14H18O3S/c1-9-8-18-13(10(2)15)12(9)17-14(16)11-6-4-3-5-7-11/h8,11H,3-7H2,1-2H3. The van der Waals surface area contributed by atoms with Gasteiger partial charge >= 0.3 is 5.97 Å². The Kier molecular flexibility index (Phi) is 4.17. The molecule has 1 aromatic heterocycles. The average Bonchev–Trinajstić information content (AvgIpc) is 2.72. The summed E-state index contributed by atoms with van der Waals surface area (Å²) < 4.78 is 5.47. The Bertz CT molecular complexity index is 456. The first-order chi connectivity index (χ1) is 8.59. The molecule has 0 radical (unpaired) electrons. The van der Waals surface area contributed by atoms with E-state index in [4.69, 9.17) is 4.74 Å². The summed E-state index contributed by atoms with van der Waals surface area (Å²) in [7, 11) is 0. The van der Waals surface area contributed by atoms with Crippen LogP contribution in [0.25, 0.3) is 0 Å². The highest BCUT2D eigenvalue weighted by Gasteiger charge is 2.25. The highest BCUT2D eigenvalue weighted by molar-refractivity contribution is 7.12. The minimum Gasteiger partial charge on any atom is -0.424 e. The Morgan fingerprint density at radius 2 is 1.94 bits per heavy atom. The molecule has 98 valence electrons. The predicted octanol–water partition coefficient (Wildman–Crippen LogP) is 3.74. The molecule has 18 heavy (non-hydrogen) atoms. The zero-order valence-electron chi connectivity index (χ0n) is 10.8. The van der Waals surface area contributed by atoms with Gasteiger partial charge in [0.15, 0.2) is 11.5 Å². The largest absolute Gasteiger partial charge is 0.424 e. The van der Waals surface area contributed by atoms with E-state index in [0.29, 0.717) is 10.6 Å². The van der Waals surface area contributed by atoms with Gasteiger partial charge in [-0.25, -0.2) is 0 Å². The second-order valence-corrected chi connectivity index (χ2v) is 5.77. The molecule has 0 N–H and O–H groups in total. The van der Waals surface area contributed by atoms with Crippen molar-refractivity contribution in [1.82, 2.24) is 0 Å². The summed E-state index contributed by atoms with van der Waals surface area (Å²) in [5.74, 6) is 0.277. The Labute approximate surface area is 111 Å². The second-order valence-electron chi connectivity index (χ2n) is 4.89. The molecule has 1 saturated carbocycles. The van der Waals surface area contributed by atoms with Crippen LogP contribution in [0.1, 0.15) is 54.3 Å². The van der Waals surface area contributed by atoms with Crippen molar-refractivity contribution >= 4 is 23.1 Å². The van der Waals surface area contributed by atoms with Crippen molar-refractivity contribution in [1.29, 1.82) is 0 Å². The van der Waals surface area contributed by atoms with Gasteiger partial charge < -0.3 is 4.74 Å². The maximum Gasteiger partial charge on any atom is 0.314 e. The molecule has 0 bridgehead atoms. The molecule has 1 aliphatic carbocycles. The lowest BCUT2D eigenvalue weighted by molar-refractivity contribution is -0.140. The summed E-state index contributed by atoms with van der Waals surface area (Å²) in [6, 6.07) is 0. The predicted molar refractivity (Wildman–Crippen MR) is 71.3 cm³/mol. The first-order valence-electron chi connectivity index (χ1n) is 6.40. The molecule has 0 aromatic carbocycles. The van der Waals surface area contributed by atoms with E-state index in [1.807, 2.05) is 12.3 Å². The van der Waals surface area contributed by atoms with Crippen LogP contribution in [0.3, 0.4) is 0 Å². The van der Waals surface area contributed by atoms with Crippen LogP contribution >= 0.6 is 11.3 Å². The van der Waals surface area contributed by atoms with Gasteiger partial charge in [0.2, 0.25) is 0 Å². The highest BCUT2D eigenvalue weighted by atomic mass is 32.1. The molecule has 1 fully saturated rings. The number of rotatable bonds is 3. The molecule has 0 atom stereocenters. The molecule has 1 aromatic rings. The van der Waals surface area contributed by atoms with Crippen LogP contribution in [0.2, 0.25) is 0 Å². The Morgan fingerprint density at radius 1 is 1.28 bits per heavy atom. The molecule has 3 nitrogen and oxygen atoms in total. The number of aryl methyl sites for hydroxylation is 1. The summed E-state index contributed by atoms with van der Waals surface area (Å²) >= 11 is 1.35. The van der Waals surface area contributed by atoms with E-state index in [-0.39, 0.29) is 17.7 Å². The van der Waals surface area contributed by atoms with Gasteiger partial charge in [-0.15, -0.1) is 11.3 Å². The third-order valence-electron chi connectivity index (χ3n) is 3.38. The third kappa shape index (κ3) is 2.80. The first kappa shape index (κ1) is 13.3. The van der Waals surface area contributed by atoms with Crippen LogP contribution in [-0.4, -0.2) is 11.8 Å². The van der Waals surface area contributed by atoms with Crippen molar-refractivity contribution in [3.8, 4) is 5.75 Å². The maximum absolute atomic E-state index is 12.1. The van der Waals surface area contributed by atoms with Crippen LogP contribution < -0.4 is 4.74 Å². The SMILES string of the molecule is CC(=O)c1scc(C)c1OC(=O)C1CCCCC1. The van der Waals surface area contributed by atoms with Gasteiger partial charge in [-0.1, -0.05) is 19.3 Å². The average molecular weight is 266 g/mol. The number of thiophene rings is 1. The summed E-state index contributed by atoms with van der Waals surface area (Å²) in [5.41, 5.74) is 0.870. The summed E-state index contributed by atoms with van der Waals surface area (Å²) in [6.45, 7) is 3.37. The van der Waals surface area contributed by atoms with Crippen LogP contribution in [0, 0.1) is 12.8 Å². The Morgan fingerprint density at radius 3 is 2.56 bits per heavy atom. The minimum atomic E-state index is -0.168. The topological polar surface area (TPSA) is 43.4 Å². The van der Waals surface area contributed by atoms with Gasteiger partial charge in [0.25, 0.3) is 0 Å². The molecule has 1 aliphatic rings. The van der Waals surface area contributed by atoms with Gasteiger partial charge in [0, 0.05) is 12.5 Å². The van der Waals surface area contributed by atoms with E-state index < -0.39 is 0 Å².